The summed E-state index contributed by atoms with van der Waals surface area (Å²) in [5, 5.41) is 2.23. The molecule has 3 aromatic rings. The number of rotatable bonds is 3. The fourth-order valence-electron chi connectivity index (χ4n) is 4.37. The third-order valence-electron chi connectivity index (χ3n) is 5.94. The summed E-state index contributed by atoms with van der Waals surface area (Å²) in [6, 6.07) is 5.73. The largest absolute Gasteiger partial charge is 0.294 e. The van der Waals surface area contributed by atoms with E-state index in [0.29, 0.717) is 10.0 Å². The second-order valence-electron chi connectivity index (χ2n) is 7.96. The van der Waals surface area contributed by atoms with Crippen LogP contribution < -0.4 is 0 Å². The molecule has 1 saturated carbocycles. The zero-order chi connectivity index (χ0) is 19.4. The van der Waals surface area contributed by atoms with E-state index >= 15 is 0 Å². The first-order chi connectivity index (χ1) is 13.5. The molecule has 0 spiro atoms. The molecule has 5 heteroatoms. The summed E-state index contributed by atoms with van der Waals surface area (Å²) < 4.78 is 0. The van der Waals surface area contributed by atoms with E-state index in [4.69, 9.17) is 28.2 Å². The first-order valence-electron chi connectivity index (χ1n) is 9.99. The molecule has 144 valence electrons. The summed E-state index contributed by atoms with van der Waals surface area (Å²) in [6.45, 7) is 1.97. The number of pyridine rings is 1. The number of carbonyl (C=O) groups is 1. The molecule has 0 unspecified atom stereocenters. The number of carbonyl (C=O) groups excluding carboxylic acids is 1. The van der Waals surface area contributed by atoms with Gasteiger partial charge in [-0.1, -0.05) is 35.7 Å². The zero-order valence-electron chi connectivity index (χ0n) is 15.8. The van der Waals surface area contributed by atoms with Crippen LogP contribution in [0.15, 0.2) is 18.2 Å². The Morgan fingerprint density at radius 3 is 2.64 bits per heavy atom. The van der Waals surface area contributed by atoms with Crippen LogP contribution in [0, 0.1) is 12.8 Å². The van der Waals surface area contributed by atoms with Crippen molar-refractivity contribution in [2.24, 2.45) is 5.92 Å². The van der Waals surface area contributed by atoms with Crippen molar-refractivity contribution in [2.45, 2.75) is 51.9 Å². The molecule has 2 aliphatic carbocycles. The monoisotopic (exact) mass is 429 g/mol. The molecule has 0 saturated heterocycles. The Labute approximate surface area is 178 Å². The lowest BCUT2D eigenvalue weighted by atomic mass is 9.90. The second-order valence-corrected chi connectivity index (χ2v) is 9.86. The van der Waals surface area contributed by atoms with E-state index in [-0.39, 0.29) is 11.7 Å². The summed E-state index contributed by atoms with van der Waals surface area (Å²) in [4.78, 5) is 20.7. The Morgan fingerprint density at radius 1 is 1.11 bits per heavy atom. The maximum Gasteiger partial charge on any atom is 0.168 e. The average Bonchev–Trinajstić information content (AvgIpc) is 3.48. The number of aromatic nitrogens is 1. The first-order valence-corrected chi connectivity index (χ1v) is 11.6. The van der Waals surface area contributed by atoms with Gasteiger partial charge in [-0.15, -0.1) is 11.3 Å². The Balaban J connectivity index is 1.86. The van der Waals surface area contributed by atoms with Gasteiger partial charge in [0.1, 0.15) is 4.83 Å². The molecule has 0 atom stereocenters. The highest BCUT2D eigenvalue weighted by molar-refractivity contribution is 7.19. The van der Waals surface area contributed by atoms with Crippen molar-refractivity contribution in [1.82, 2.24) is 4.98 Å². The highest BCUT2D eigenvalue weighted by atomic mass is 35.5. The Bertz CT molecular complexity index is 1110. The average molecular weight is 430 g/mol. The number of fused-ring (bicyclic) bond motifs is 3. The van der Waals surface area contributed by atoms with Crippen molar-refractivity contribution >= 4 is 50.5 Å². The number of nitrogens with zero attached hydrogens (tertiary/aromatic N) is 1. The number of thiophene rings is 1. The SMILES string of the molecule is Cc1nc2sc3c(c2c(-c2ccc(Cl)c(Cl)c2)c1C(=O)C1CC1)CCCCC3. The topological polar surface area (TPSA) is 30.0 Å². The van der Waals surface area contributed by atoms with Crippen LogP contribution in [-0.4, -0.2) is 10.8 Å². The van der Waals surface area contributed by atoms with E-state index < -0.39 is 0 Å². The van der Waals surface area contributed by atoms with E-state index in [1.165, 1.54) is 35.1 Å². The number of aryl methyl sites for hydroxylation is 3. The maximum absolute atomic E-state index is 13.3. The van der Waals surface area contributed by atoms with Gasteiger partial charge >= 0.3 is 0 Å². The summed E-state index contributed by atoms with van der Waals surface area (Å²) >= 11 is 14.4. The minimum absolute atomic E-state index is 0.150. The lowest BCUT2D eigenvalue weighted by Gasteiger charge is -2.15. The van der Waals surface area contributed by atoms with Gasteiger partial charge in [-0.05, 0) is 68.7 Å². The summed E-state index contributed by atoms with van der Waals surface area (Å²) in [6.07, 6.45) is 7.83. The van der Waals surface area contributed by atoms with Crippen molar-refractivity contribution < 1.29 is 4.79 Å². The van der Waals surface area contributed by atoms with E-state index in [1.807, 2.05) is 25.1 Å². The standard InChI is InChI=1S/C23H21Cl2NOS/c1-12-19(22(27)13-7-8-13)20(14-9-10-16(24)17(25)11-14)21-15-5-3-2-4-6-18(15)28-23(21)26-12/h9-11,13H,2-8H2,1H3. The van der Waals surface area contributed by atoms with Crippen LogP contribution in [0.1, 0.15) is 58.6 Å². The molecule has 2 heterocycles. The van der Waals surface area contributed by atoms with Crippen molar-refractivity contribution in [3.05, 3.63) is 49.9 Å². The van der Waals surface area contributed by atoms with Crippen LogP contribution >= 0.6 is 34.5 Å². The Morgan fingerprint density at radius 2 is 1.89 bits per heavy atom. The Kier molecular flexibility index (Phi) is 4.73. The lowest BCUT2D eigenvalue weighted by molar-refractivity contribution is 0.0967. The van der Waals surface area contributed by atoms with E-state index in [1.54, 1.807) is 11.3 Å². The molecule has 1 aromatic carbocycles. The van der Waals surface area contributed by atoms with Gasteiger partial charge in [0.2, 0.25) is 0 Å². The number of hydrogen-bond donors (Lipinski definition) is 0. The third kappa shape index (κ3) is 3.08. The fraction of sp³-hybridized carbons (Fsp3) is 0.391. The quantitative estimate of drug-likeness (QED) is 0.319. The molecule has 0 amide bonds. The molecule has 0 N–H and O–H groups in total. The highest BCUT2D eigenvalue weighted by Gasteiger charge is 2.35. The third-order valence-corrected chi connectivity index (χ3v) is 7.86. The van der Waals surface area contributed by atoms with E-state index in [9.17, 15) is 4.79 Å². The minimum Gasteiger partial charge on any atom is -0.294 e. The maximum atomic E-state index is 13.3. The summed E-state index contributed by atoms with van der Waals surface area (Å²) in [5.41, 5.74) is 5.02. The lowest BCUT2D eigenvalue weighted by Crippen LogP contribution is -2.09. The van der Waals surface area contributed by atoms with Crippen molar-refractivity contribution in [3.63, 3.8) is 0 Å². The normalized spacial score (nSPS) is 16.8. The van der Waals surface area contributed by atoms with Gasteiger partial charge < -0.3 is 0 Å². The van der Waals surface area contributed by atoms with Crippen LogP contribution in [0.5, 0.6) is 0 Å². The van der Waals surface area contributed by atoms with Gasteiger partial charge in [-0.3, -0.25) is 4.79 Å². The van der Waals surface area contributed by atoms with Crippen molar-refractivity contribution in [2.75, 3.05) is 0 Å². The molecular formula is C23H21Cl2NOS. The summed E-state index contributed by atoms with van der Waals surface area (Å²) in [5.74, 6) is 0.387. The highest BCUT2D eigenvalue weighted by Crippen LogP contribution is 2.45. The molecule has 2 aliphatic rings. The van der Waals surface area contributed by atoms with Gasteiger partial charge in [-0.25, -0.2) is 4.98 Å². The van der Waals surface area contributed by atoms with Gasteiger partial charge in [0.15, 0.2) is 5.78 Å². The number of ketones is 1. The van der Waals surface area contributed by atoms with E-state index in [2.05, 4.69) is 0 Å². The van der Waals surface area contributed by atoms with Crippen LogP contribution in [0.2, 0.25) is 10.0 Å². The molecule has 2 aromatic heterocycles. The van der Waals surface area contributed by atoms with Gasteiger partial charge in [-0.2, -0.15) is 0 Å². The van der Waals surface area contributed by atoms with Crippen LogP contribution in [0.4, 0.5) is 0 Å². The second kappa shape index (κ2) is 7.12. The number of halogens is 2. The molecular weight excluding hydrogens is 409 g/mol. The predicted octanol–water partition coefficient (Wildman–Crippen LogP) is 7.44. The van der Waals surface area contributed by atoms with Crippen LogP contribution in [0.3, 0.4) is 0 Å². The molecule has 28 heavy (non-hydrogen) atoms. The minimum atomic E-state index is 0.150. The van der Waals surface area contributed by atoms with Crippen LogP contribution in [-0.2, 0) is 12.8 Å². The molecule has 0 radical (unpaired) electrons. The van der Waals surface area contributed by atoms with Crippen molar-refractivity contribution in [3.8, 4) is 11.1 Å². The summed E-state index contributed by atoms with van der Waals surface area (Å²) in [7, 11) is 0. The molecule has 0 aliphatic heterocycles. The smallest absolute Gasteiger partial charge is 0.168 e. The molecule has 2 nitrogen and oxygen atoms in total. The van der Waals surface area contributed by atoms with Gasteiger partial charge in [0.05, 0.1) is 15.7 Å². The number of benzene rings is 1. The van der Waals surface area contributed by atoms with E-state index in [0.717, 1.165) is 52.9 Å². The fourth-order valence-corrected chi connectivity index (χ4v) is 5.99. The first kappa shape index (κ1) is 18.6. The van der Waals surface area contributed by atoms with Gasteiger partial charge in [0.25, 0.3) is 0 Å². The molecule has 1 fully saturated rings. The van der Waals surface area contributed by atoms with Gasteiger partial charge in [0, 0.05) is 27.3 Å². The molecule has 0 bridgehead atoms. The zero-order valence-corrected chi connectivity index (χ0v) is 18.1. The molecule has 5 rings (SSSR count). The van der Waals surface area contributed by atoms with Crippen LogP contribution in [0.25, 0.3) is 21.3 Å². The Hall–Kier alpha value is -1.42. The number of Topliss-reactive ketones (excluding diaryl/α,β-unsaturated/α-hetero) is 1. The van der Waals surface area contributed by atoms with Crippen molar-refractivity contribution in [1.29, 1.82) is 0 Å². The number of hydrogen-bond acceptors (Lipinski definition) is 3. The predicted molar refractivity (Wildman–Crippen MR) is 118 cm³/mol.